The maximum Gasteiger partial charge on any atom is 0.270 e. The molecule has 0 aromatic heterocycles. The van der Waals surface area contributed by atoms with Crippen LogP contribution in [-0.4, -0.2) is 30.6 Å². The van der Waals surface area contributed by atoms with Crippen molar-refractivity contribution >= 4 is 23.2 Å². The Morgan fingerprint density at radius 2 is 2.35 bits per heavy atom. The number of carbonyl (C=O) groups is 1. The summed E-state index contributed by atoms with van der Waals surface area (Å²) >= 11 is 5.91. The van der Waals surface area contributed by atoms with E-state index in [0.717, 1.165) is 19.4 Å². The van der Waals surface area contributed by atoms with E-state index in [-0.39, 0.29) is 22.2 Å². The van der Waals surface area contributed by atoms with Gasteiger partial charge in [-0.05, 0) is 24.8 Å². The van der Waals surface area contributed by atoms with Gasteiger partial charge in [0.05, 0.1) is 22.1 Å². The smallest absolute Gasteiger partial charge is 0.270 e. The fourth-order valence-electron chi connectivity index (χ4n) is 2.10. The third-order valence-electron chi connectivity index (χ3n) is 3.21. The number of halogens is 1. The van der Waals surface area contributed by atoms with Crippen LogP contribution < -0.4 is 5.32 Å². The first-order valence-corrected chi connectivity index (χ1v) is 6.75. The van der Waals surface area contributed by atoms with Crippen molar-refractivity contribution in [3.05, 3.63) is 38.9 Å². The van der Waals surface area contributed by atoms with Crippen LogP contribution in [0.25, 0.3) is 0 Å². The second-order valence-corrected chi connectivity index (χ2v) is 5.12. The standard InChI is InChI=1S/C13H15ClN2O4/c14-12-4-3-10(16(18)19)6-11(12)13(17)15-7-9-2-1-5-20-8-9/h3-4,6,9H,1-2,5,7-8H2,(H,15,17). The number of carbonyl (C=O) groups excluding carboxylic acids is 1. The van der Waals surface area contributed by atoms with Crippen LogP contribution in [0.4, 0.5) is 5.69 Å². The van der Waals surface area contributed by atoms with E-state index >= 15 is 0 Å². The number of non-ortho nitro benzene ring substituents is 1. The van der Waals surface area contributed by atoms with Gasteiger partial charge in [-0.1, -0.05) is 11.6 Å². The number of ether oxygens (including phenoxy) is 1. The summed E-state index contributed by atoms with van der Waals surface area (Å²) in [5.74, 6) is -0.116. The number of hydrogen-bond acceptors (Lipinski definition) is 4. The van der Waals surface area contributed by atoms with E-state index in [1.165, 1.54) is 18.2 Å². The predicted molar refractivity (Wildman–Crippen MR) is 74.0 cm³/mol. The van der Waals surface area contributed by atoms with Gasteiger partial charge >= 0.3 is 0 Å². The number of hydrogen-bond donors (Lipinski definition) is 1. The summed E-state index contributed by atoms with van der Waals surface area (Å²) in [6.45, 7) is 1.88. The third-order valence-corrected chi connectivity index (χ3v) is 3.54. The molecule has 0 spiro atoms. The zero-order chi connectivity index (χ0) is 14.5. The first-order valence-electron chi connectivity index (χ1n) is 6.38. The van der Waals surface area contributed by atoms with Crippen LogP contribution in [0.3, 0.4) is 0 Å². The zero-order valence-electron chi connectivity index (χ0n) is 10.8. The highest BCUT2D eigenvalue weighted by Crippen LogP contribution is 2.22. The van der Waals surface area contributed by atoms with Crippen molar-refractivity contribution in [1.29, 1.82) is 0 Å². The molecule has 2 rings (SSSR count). The summed E-state index contributed by atoms with van der Waals surface area (Å²) in [4.78, 5) is 22.2. The Morgan fingerprint density at radius 1 is 1.55 bits per heavy atom. The van der Waals surface area contributed by atoms with Gasteiger partial charge in [0.25, 0.3) is 11.6 Å². The summed E-state index contributed by atoms with van der Waals surface area (Å²) in [6, 6.07) is 3.82. The number of amides is 1. The molecule has 1 heterocycles. The highest BCUT2D eigenvalue weighted by Gasteiger charge is 2.18. The zero-order valence-corrected chi connectivity index (χ0v) is 11.6. The molecule has 1 aromatic carbocycles. The Bertz CT molecular complexity index is 515. The van der Waals surface area contributed by atoms with Crippen molar-refractivity contribution in [2.24, 2.45) is 5.92 Å². The van der Waals surface area contributed by atoms with Crippen LogP contribution >= 0.6 is 11.6 Å². The first kappa shape index (κ1) is 14.7. The number of benzene rings is 1. The second-order valence-electron chi connectivity index (χ2n) is 4.71. The fourth-order valence-corrected chi connectivity index (χ4v) is 2.30. The SMILES string of the molecule is O=C(NCC1CCCOC1)c1cc([N+](=O)[O-])ccc1Cl. The molecule has 1 amide bonds. The fraction of sp³-hybridized carbons (Fsp3) is 0.462. The van der Waals surface area contributed by atoms with Crippen molar-refractivity contribution in [1.82, 2.24) is 5.32 Å². The molecule has 1 aromatic rings. The minimum Gasteiger partial charge on any atom is -0.381 e. The molecule has 7 heteroatoms. The van der Waals surface area contributed by atoms with Crippen molar-refractivity contribution in [2.75, 3.05) is 19.8 Å². The average Bonchev–Trinajstić information content (AvgIpc) is 2.46. The van der Waals surface area contributed by atoms with Crippen LogP contribution in [0.2, 0.25) is 5.02 Å². The number of rotatable bonds is 4. The molecule has 20 heavy (non-hydrogen) atoms. The van der Waals surface area contributed by atoms with Gasteiger partial charge in [0.1, 0.15) is 0 Å². The van der Waals surface area contributed by atoms with Crippen molar-refractivity contribution in [2.45, 2.75) is 12.8 Å². The lowest BCUT2D eigenvalue weighted by Gasteiger charge is -2.22. The van der Waals surface area contributed by atoms with Crippen molar-refractivity contribution < 1.29 is 14.5 Å². The number of nitro benzene ring substituents is 1. The predicted octanol–water partition coefficient (Wildman–Crippen LogP) is 2.40. The molecule has 0 radical (unpaired) electrons. The summed E-state index contributed by atoms with van der Waals surface area (Å²) in [5, 5.41) is 13.7. The van der Waals surface area contributed by atoms with Crippen molar-refractivity contribution in [3.8, 4) is 0 Å². The van der Waals surface area contributed by atoms with Gasteiger partial charge in [0.2, 0.25) is 0 Å². The highest BCUT2D eigenvalue weighted by atomic mass is 35.5. The van der Waals surface area contributed by atoms with Crippen LogP contribution in [0.5, 0.6) is 0 Å². The third kappa shape index (κ3) is 3.68. The van der Waals surface area contributed by atoms with Crippen LogP contribution in [0.15, 0.2) is 18.2 Å². The van der Waals surface area contributed by atoms with Gasteiger partial charge in [-0.25, -0.2) is 0 Å². The van der Waals surface area contributed by atoms with Gasteiger partial charge < -0.3 is 10.1 Å². The van der Waals surface area contributed by atoms with Crippen LogP contribution in [-0.2, 0) is 4.74 Å². The molecule has 0 bridgehead atoms. The Morgan fingerprint density at radius 3 is 3.00 bits per heavy atom. The summed E-state index contributed by atoms with van der Waals surface area (Å²) < 4.78 is 5.33. The van der Waals surface area contributed by atoms with E-state index in [1.54, 1.807) is 0 Å². The Kier molecular flexibility index (Phi) is 4.92. The maximum absolute atomic E-state index is 12.0. The Labute approximate surface area is 121 Å². The monoisotopic (exact) mass is 298 g/mol. The van der Waals surface area contributed by atoms with E-state index in [0.29, 0.717) is 13.2 Å². The van der Waals surface area contributed by atoms with E-state index in [9.17, 15) is 14.9 Å². The minimum absolute atomic E-state index is 0.123. The summed E-state index contributed by atoms with van der Waals surface area (Å²) in [5.41, 5.74) is -0.0295. The van der Waals surface area contributed by atoms with Gasteiger partial charge in [-0.3, -0.25) is 14.9 Å². The molecule has 1 fully saturated rings. The number of nitrogens with one attached hydrogen (secondary N) is 1. The lowest BCUT2D eigenvalue weighted by molar-refractivity contribution is -0.384. The van der Waals surface area contributed by atoms with E-state index in [1.807, 2.05) is 0 Å². The van der Waals surface area contributed by atoms with Gasteiger partial charge in [-0.15, -0.1) is 0 Å². The quantitative estimate of drug-likeness (QED) is 0.683. The minimum atomic E-state index is -0.553. The average molecular weight is 299 g/mol. The van der Waals surface area contributed by atoms with Crippen LogP contribution in [0, 0.1) is 16.0 Å². The van der Waals surface area contributed by atoms with E-state index < -0.39 is 10.8 Å². The molecule has 0 aliphatic carbocycles. The lowest BCUT2D eigenvalue weighted by atomic mass is 10.0. The number of nitrogens with zero attached hydrogens (tertiary/aromatic N) is 1. The molecule has 1 unspecified atom stereocenters. The van der Waals surface area contributed by atoms with Gasteiger partial charge in [0.15, 0.2) is 0 Å². The summed E-state index contributed by atoms with van der Waals surface area (Å²) in [7, 11) is 0. The topological polar surface area (TPSA) is 81.5 Å². The maximum atomic E-state index is 12.0. The highest BCUT2D eigenvalue weighted by molar-refractivity contribution is 6.33. The van der Waals surface area contributed by atoms with Crippen LogP contribution in [0.1, 0.15) is 23.2 Å². The molecule has 108 valence electrons. The molecule has 1 N–H and O–H groups in total. The molecule has 1 aliphatic heterocycles. The molecule has 1 atom stereocenters. The Hall–Kier alpha value is -1.66. The van der Waals surface area contributed by atoms with Gasteiger partial charge in [0, 0.05) is 25.3 Å². The van der Waals surface area contributed by atoms with Gasteiger partial charge in [-0.2, -0.15) is 0 Å². The molecule has 6 nitrogen and oxygen atoms in total. The normalized spacial score (nSPS) is 18.6. The number of nitro groups is 1. The molecule has 1 saturated heterocycles. The van der Waals surface area contributed by atoms with Crippen molar-refractivity contribution in [3.63, 3.8) is 0 Å². The molecular weight excluding hydrogens is 284 g/mol. The Balaban J connectivity index is 2.00. The first-order chi connectivity index (χ1) is 9.58. The van der Waals surface area contributed by atoms with E-state index in [2.05, 4.69) is 5.32 Å². The second kappa shape index (κ2) is 6.67. The largest absolute Gasteiger partial charge is 0.381 e. The summed E-state index contributed by atoms with van der Waals surface area (Å²) in [6.07, 6.45) is 1.99. The molecule has 0 saturated carbocycles. The van der Waals surface area contributed by atoms with E-state index in [4.69, 9.17) is 16.3 Å². The lowest BCUT2D eigenvalue weighted by Crippen LogP contribution is -2.33. The molecular formula is C13H15ClN2O4. The molecule has 1 aliphatic rings.